The van der Waals surface area contributed by atoms with Gasteiger partial charge < -0.3 is 5.32 Å². The summed E-state index contributed by atoms with van der Waals surface area (Å²) in [5.74, 6) is -0.175. The minimum Gasteiger partial charge on any atom is -0.307 e. The number of hydrogen-bond donors (Lipinski definition) is 1. The number of aromatic nitrogens is 2. The van der Waals surface area contributed by atoms with Crippen LogP contribution in [0.1, 0.15) is 5.56 Å². The monoisotopic (exact) mass is 321 g/mol. The summed E-state index contributed by atoms with van der Waals surface area (Å²) in [5.41, 5.74) is 1.60. The molecule has 1 amide bonds. The molecule has 1 aliphatic heterocycles. The van der Waals surface area contributed by atoms with Gasteiger partial charge in [0.25, 0.3) is 5.91 Å². The highest BCUT2D eigenvalue weighted by Crippen LogP contribution is 2.26. The second-order valence-electron chi connectivity index (χ2n) is 4.02. The fraction of sp³-hybridized carbons (Fsp3) is 0. The van der Waals surface area contributed by atoms with Crippen LogP contribution in [0.3, 0.4) is 0 Å². The quantitative estimate of drug-likeness (QED) is 0.682. The third-order valence-electron chi connectivity index (χ3n) is 2.64. The number of nitrogens with one attached hydrogen (secondary N) is 1. The third kappa shape index (κ3) is 2.63. The van der Waals surface area contributed by atoms with Gasteiger partial charge in [-0.1, -0.05) is 47.7 Å². The molecule has 1 aromatic heterocycles. The van der Waals surface area contributed by atoms with Crippen LogP contribution in [-0.4, -0.2) is 20.0 Å². The van der Waals surface area contributed by atoms with Gasteiger partial charge in [-0.2, -0.15) is 5.10 Å². The van der Waals surface area contributed by atoms with Crippen LogP contribution < -0.4 is 5.32 Å². The average Bonchev–Trinajstić information content (AvgIpc) is 2.98. The molecule has 3 rings (SSSR count). The van der Waals surface area contributed by atoms with E-state index in [1.54, 1.807) is 23.0 Å². The largest absolute Gasteiger partial charge is 0.307 e. The van der Waals surface area contributed by atoms with Crippen molar-refractivity contribution >= 4 is 51.9 Å². The fourth-order valence-electron chi connectivity index (χ4n) is 1.75. The molecule has 2 heterocycles. The van der Waals surface area contributed by atoms with Crippen molar-refractivity contribution in [2.45, 2.75) is 0 Å². The second-order valence-corrected chi connectivity index (χ2v) is 6.15. The van der Waals surface area contributed by atoms with Crippen LogP contribution in [0, 0.1) is 0 Å². The molecule has 0 atom stereocenters. The summed E-state index contributed by atoms with van der Waals surface area (Å²) in [5, 5.41) is 7.44. The van der Waals surface area contributed by atoms with E-state index >= 15 is 0 Å². The number of thioether (sulfide) groups is 1. The Bertz CT molecular complexity index is 739. The van der Waals surface area contributed by atoms with Gasteiger partial charge in [0.1, 0.15) is 4.32 Å². The molecule has 1 fully saturated rings. The molecule has 0 bridgehead atoms. The summed E-state index contributed by atoms with van der Waals surface area (Å²) in [7, 11) is 0. The predicted octanol–water partition coefficient (Wildman–Crippen LogP) is 3.01. The summed E-state index contributed by atoms with van der Waals surface area (Å²) < 4.78 is 2.14. The molecule has 0 spiro atoms. The molecular weight excluding hydrogens is 314 g/mol. The molecule has 7 heteroatoms. The van der Waals surface area contributed by atoms with Crippen LogP contribution in [0.4, 0.5) is 0 Å². The van der Waals surface area contributed by atoms with Gasteiger partial charge in [0.15, 0.2) is 0 Å². The average molecular weight is 322 g/mol. The van der Waals surface area contributed by atoms with Crippen LogP contribution in [-0.2, 0) is 4.79 Å². The molecule has 1 aliphatic rings. The molecule has 1 saturated heterocycles. The van der Waals surface area contributed by atoms with E-state index in [0.717, 1.165) is 11.3 Å². The number of carbonyl (C=O) groups excluding carboxylic acids is 1. The van der Waals surface area contributed by atoms with Gasteiger partial charge in [-0.15, -0.1) is 0 Å². The predicted molar refractivity (Wildman–Crippen MR) is 84.9 cm³/mol. The number of hydrogen-bond acceptors (Lipinski definition) is 4. The minimum absolute atomic E-state index is 0.175. The zero-order chi connectivity index (χ0) is 14.1. The normalized spacial score (nSPS) is 16.8. The summed E-state index contributed by atoms with van der Waals surface area (Å²) in [6.45, 7) is 0. The summed E-state index contributed by atoms with van der Waals surface area (Å²) >= 11 is 12.3. The maximum Gasteiger partial charge on any atom is 0.263 e. The third-order valence-corrected chi connectivity index (χ3v) is 4.12. The molecule has 100 valence electrons. The van der Waals surface area contributed by atoms with E-state index in [1.165, 1.54) is 11.8 Å². The molecule has 0 aliphatic carbocycles. The Labute approximate surface area is 129 Å². The van der Waals surface area contributed by atoms with Gasteiger partial charge in [0.05, 0.1) is 21.8 Å². The van der Waals surface area contributed by atoms with Gasteiger partial charge in [-0.3, -0.25) is 4.79 Å². The van der Waals surface area contributed by atoms with Crippen molar-refractivity contribution in [2.24, 2.45) is 0 Å². The van der Waals surface area contributed by atoms with Crippen molar-refractivity contribution in [3.05, 3.63) is 52.2 Å². The SMILES string of the molecule is O=C1NC(=S)S/C1=C\c1cnn(-c2ccccc2Cl)c1. The zero-order valence-corrected chi connectivity index (χ0v) is 12.4. The van der Waals surface area contributed by atoms with E-state index in [4.69, 9.17) is 23.8 Å². The van der Waals surface area contributed by atoms with E-state index in [0.29, 0.717) is 14.2 Å². The lowest BCUT2D eigenvalue weighted by molar-refractivity contribution is -0.115. The molecule has 4 nitrogen and oxygen atoms in total. The number of nitrogens with zero attached hydrogens (tertiary/aromatic N) is 2. The van der Waals surface area contributed by atoms with Gasteiger partial charge in [0, 0.05) is 11.8 Å². The van der Waals surface area contributed by atoms with Crippen LogP contribution in [0.5, 0.6) is 0 Å². The molecule has 0 saturated carbocycles. The second kappa shape index (κ2) is 5.40. The highest BCUT2D eigenvalue weighted by Gasteiger charge is 2.22. The first-order valence-corrected chi connectivity index (χ1v) is 7.28. The zero-order valence-electron chi connectivity index (χ0n) is 10.0. The molecule has 1 aromatic carbocycles. The summed E-state index contributed by atoms with van der Waals surface area (Å²) in [4.78, 5) is 12.1. The van der Waals surface area contributed by atoms with Crippen molar-refractivity contribution in [3.63, 3.8) is 0 Å². The van der Waals surface area contributed by atoms with Crippen molar-refractivity contribution in [1.29, 1.82) is 0 Å². The van der Waals surface area contributed by atoms with E-state index in [-0.39, 0.29) is 5.91 Å². The number of halogens is 1. The molecule has 20 heavy (non-hydrogen) atoms. The summed E-state index contributed by atoms with van der Waals surface area (Å²) in [6, 6.07) is 7.42. The van der Waals surface area contributed by atoms with Gasteiger partial charge in [-0.05, 0) is 18.2 Å². The van der Waals surface area contributed by atoms with Gasteiger partial charge in [0.2, 0.25) is 0 Å². The number of benzene rings is 1. The van der Waals surface area contributed by atoms with Crippen molar-refractivity contribution in [1.82, 2.24) is 15.1 Å². The number of para-hydroxylation sites is 1. The van der Waals surface area contributed by atoms with Crippen LogP contribution >= 0.6 is 35.6 Å². The Morgan fingerprint density at radius 1 is 1.40 bits per heavy atom. The molecule has 2 aromatic rings. The van der Waals surface area contributed by atoms with Crippen LogP contribution in [0.15, 0.2) is 41.6 Å². The smallest absolute Gasteiger partial charge is 0.263 e. The van der Waals surface area contributed by atoms with Crippen LogP contribution in [0.2, 0.25) is 5.02 Å². The number of carbonyl (C=O) groups is 1. The Morgan fingerprint density at radius 3 is 2.90 bits per heavy atom. The van der Waals surface area contributed by atoms with E-state index in [2.05, 4.69) is 10.4 Å². The first kappa shape index (κ1) is 13.4. The maximum absolute atomic E-state index is 11.6. The van der Waals surface area contributed by atoms with E-state index < -0.39 is 0 Å². The topological polar surface area (TPSA) is 46.9 Å². The van der Waals surface area contributed by atoms with Crippen molar-refractivity contribution in [2.75, 3.05) is 0 Å². The van der Waals surface area contributed by atoms with E-state index in [1.807, 2.05) is 24.4 Å². The van der Waals surface area contributed by atoms with Gasteiger partial charge >= 0.3 is 0 Å². The van der Waals surface area contributed by atoms with E-state index in [9.17, 15) is 4.79 Å². The highest BCUT2D eigenvalue weighted by atomic mass is 35.5. The van der Waals surface area contributed by atoms with Crippen molar-refractivity contribution in [3.8, 4) is 5.69 Å². The number of thiocarbonyl (C=S) groups is 1. The summed E-state index contributed by atoms with van der Waals surface area (Å²) in [6.07, 6.45) is 5.23. The first-order valence-electron chi connectivity index (χ1n) is 5.68. The first-order chi connectivity index (χ1) is 9.63. The minimum atomic E-state index is -0.175. The van der Waals surface area contributed by atoms with Gasteiger partial charge in [-0.25, -0.2) is 4.68 Å². The maximum atomic E-state index is 11.6. The lowest BCUT2D eigenvalue weighted by Gasteiger charge is -2.02. The molecule has 1 N–H and O–H groups in total. The lowest BCUT2D eigenvalue weighted by Crippen LogP contribution is -2.17. The standard InChI is InChI=1S/C13H8ClN3OS2/c14-9-3-1-2-4-10(9)17-7-8(6-15-17)5-11-12(18)16-13(19)20-11/h1-7H,(H,16,18,19)/b11-5-. The van der Waals surface area contributed by atoms with Crippen molar-refractivity contribution < 1.29 is 4.79 Å². The highest BCUT2D eigenvalue weighted by molar-refractivity contribution is 8.26. The molecule has 0 unspecified atom stereocenters. The Kier molecular flexibility index (Phi) is 3.60. The Morgan fingerprint density at radius 2 is 2.20 bits per heavy atom. The Balaban J connectivity index is 1.92. The molecule has 0 radical (unpaired) electrons. The fourth-order valence-corrected chi connectivity index (χ4v) is 3.02. The molecular formula is C13H8ClN3OS2. The Hall–Kier alpha value is -1.63. The lowest BCUT2D eigenvalue weighted by atomic mass is 10.3. The number of rotatable bonds is 2. The van der Waals surface area contributed by atoms with Crippen LogP contribution in [0.25, 0.3) is 11.8 Å². The number of amides is 1.